The summed E-state index contributed by atoms with van der Waals surface area (Å²) < 4.78 is 0. The van der Waals surface area contributed by atoms with Crippen LogP contribution in [0.3, 0.4) is 0 Å². The molecular weight excluding hydrogens is 248 g/mol. The van der Waals surface area contributed by atoms with Gasteiger partial charge in [0.05, 0.1) is 10.7 Å². The van der Waals surface area contributed by atoms with Gasteiger partial charge in [0.25, 0.3) is 0 Å². The van der Waals surface area contributed by atoms with E-state index in [1.165, 1.54) is 0 Å². The maximum atomic E-state index is 6.22. The molecule has 0 amide bonds. The van der Waals surface area contributed by atoms with Crippen LogP contribution in [0.2, 0.25) is 5.02 Å². The van der Waals surface area contributed by atoms with Crippen LogP contribution in [0.25, 0.3) is 0 Å². The molecule has 0 spiro atoms. The molecule has 1 saturated heterocycles. The highest BCUT2D eigenvalue weighted by Crippen LogP contribution is 2.19. The first-order valence-electron chi connectivity index (χ1n) is 6.49. The maximum Gasteiger partial charge on any atom is 0.126 e. The van der Waals surface area contributed by atoms with Crippen molar-refractivity contribution in [2.75, 3.05) is 45.1 Å². The largest absolute Gasteiger partial charge is 0.370 e. The molecule has 0 unspecified atom stereocenters. The lowest BCUT2D eigenvalue weighted by molar-refractivity contribution is 0.147. The number of rotatable bonds is 4. The molecule has 1 fully saturated rings. The van der Waals surface area contributed by atoms with E-state index in [9.17, 15) is 0 Å². The minimum atomic E-state index is 0.760. The predicted octanol–water partition coefficient (Wildman–Crippen LogP) is 1.91. The van der Waals surface area contributed by atoms with Crippen LogP contribution in [-0.2, 0) is 6.54 Å². The van der Waals surface area contributed by atoms with Gasteiger partial charge in [-0.25, -0.2) is 4.98 Å². The first-order valence-corrected chi connectivity index (χ1v) is 6.87. The van der Waals surface area contributed by atoms with Gasteiger partial charge in [0, 0.05) is 39.3 Å². The molecule has 0 radical (unpaired) electrons. The lowest BCUT2D eigenvalue weighted by Crippen LogP contribution is -2.44. The van der Waals surface area contributed by atoms with Crippen molar-refractivity contribution >= 4 is 17.4 Å². The highest BCUT2D eigenvalue weighted by molar-refractivity contribution is 6.31. The summed E-state index contributed by atoms with van der Waals surface area (Å²) in [5.74, 6) is 0.908. The van der Waals surface area contributed by atoms with E-state index in [2.05, 4.69) is 34.1 Å². The average molecular weight is 269 g/mol. The van der Waals surface area contributed by atoms with Crippen LogP contribution >= 0.6 is 11.6 Å². The fraction of sp³-hybridized carbons (Fsp3) is 0.615. The van der Waals surface area contributed by atoms with Gasteiger partial charge in [0.1, 0.15) is 5.82 Å². The number of nitrogens with zero attached hydrogens (tertiary/aromatic N) is 3. The summed E-state index contributed by atoms with van der Waals surface area (Å²) in [5.41, 5.74) is 0.972. The van der Waals surface area contributed by atoms with Gasteiger partial charge in [0.15, 0.2) is 0 Å². The molecule has 18 heavy (non-hydrogen) atoms. The number of pyridine rings is 1. The van der Waals surface area contributed by atoms with Gasteiger partial charge in [-0.3, -0.25) is 4.90 Å². The smallest absolute Gasteiger partial charge is 0.126 e. The van der Waals surface area contributed by atoms with Gasteiger partial charge in [-0.05, 0) is 26.1 Å². The fourth-order valence-electron chi connectivity index (χ4n) is 2.09. The molecule has 0 aliphatic carbocycles. The molecule has 100 valence electrons. The number of anilines is 1. The Morgan fingerprint density at radius 1 is 1.28 bits per heavy atom. The molecule has 2 heterocycles. The van der Waals surface area contributed by atoms with Gasteiger partial charge in [-0.15, -0.1) is 0 Å². The topological polar surface area (TPSA) is 31.4 Å². The maximum absolute atomic E-state index is 6.22. The van der Waals surface area contributed by atoms with E-state index in [1.54, 1.807) is 0 Å². The van der Waals surface area contributed by atoms with Crippen molar-refractivity contribution in [3.8, 4) is 0 Å². The van der Waals surface area contributed by atoms with E-state index in [4.69, 9.17) is 11.6 Å². The number of piperazine rings is 1. The van der Waals surface area contributed by atoms with Crippen molar-refractivity contribution in [2.24, 2.45) is 0 Å². The number of halogens is 1. The molecule has 1 aliphatic rings. The molecule has 1 aliphatic heterocycles. The number of aromatic nitrogens is 1. The number of nitrogens with one attached hydrogen (secondary N) is 1. The summed E-state index contributed by atoms with van der Waals surface area (Å²) in [6, 6.07) is 3.86. The normalized spacial score (nSPS) is 17.9. The molecule has 5 heteroatoms. The third kappa shape index (κ3) is 3.57. The molecular formula is C13H21ClN4. The second-order valence-electron chi connectivity index (χ2n) is 4.73. The number of likely N-dealkylation sites (N-methyl/N-ethyl adjacent to an activating group) is 1. The van der Waals surface area contributed by atoms with E-state index in [0.29, 0.717) is 0 Å². The predicted molar refractivity (Wildman–Crippen MR) is 76.2 cm³/mol. The minimum Gasteiger partial charge on any atom is -0.370 e. The lowest BCUT2D eigenvalue weighted by atomic mass is 10.2. The zero-order chi connectivity index (χ0) is 13.0. The van der Waals surface area contributed by atoms with Gasteiger partial charge < -0.3 is 10.2 Å². The molecule has 0 aromatic carbocycles. The quantitative estimate of drug-likeness (QED) is 0.904. The Hall–Kier alpha value is -0.840. The van der Waals surface area contributed by atoms with E-state index in [0.717, 1.165) is 55.8 Å². The molecule has 0 saturated carbocycles. The lowest BCUT2D eigenvalue weighted by Gasteiger charge is -2.32. The first-order chi connectivity index (χ1) is 8.69. The van der Waals surface area contributed by atoms with Crippen LogP contribution in [0.5, 0.6) is 0 Å². The van der Waals surface area contributed by atoms with Crippen LogP contribution in [0.15, 0.2) is 12.1 Å². The molecule has 0 atom stereocenters. The Bertz CT molecular complexity index is 389. The zero-order valence-corrected chi connectivity index (χ0v) is 11.9. The minimum absolute atomic E-state index is 0.760. The Kier molecular flexibility index (Phi) is 4.80. The van der Waals surface area contributed by atoms with Crippen LogP contribution in [0.4, 0.5) is 5.82 Å². The van der Waals surface area contributed by atoms with Crippen molar-refractivity contribution in [3.05, 3.63) is 22.8 Å². The van der Waals surface area contributed by atoms with Crippen LogP contribution in [-0.4, -0.2) is 54.6 Å². The van der Waals surface area contributed by atoms with Crippen LogP contribution in [0, 0.1) is 0 Å². The molecule has 1 aromatic rings. The van der Waals surface area contributed by atoms with Gasteiger partial charge in [0.2, 0.25) is 0 Å². The molecule has 1 N–H and O–H groups in total. The van der Waals surface area contributed by atoms with Gasteiger partial charge >= 0.3 is 0 Å². The monoisotopic (exact) mass is 268 g/mol. The van der Waals surface area contributed by atoms with Gasteiger partial charge in [-0.1, -0.05) is 11.6 Å². The first kappa shape index (κ1) is 13.6. The van der Waals surface area contributed by atoms with E-state index >= 15 is 0 Å². The Morgan fingerprint density at radius 2 is 2.00 bits per heavy atom. The highest BCUT2D eigenvalue weighted by Gasteiger charge is 2.15. The van der Waals surface area contributed by atoms with Crippen molar-refractivity contribution in [1.29, 1.82) is 0 Å². The average Bonchev–Trinajstić information content (AvgIpc) is 2.36. The number of hydrogen-bond acceptors (Lipinski definition) is 4. The van der Waals surface area contributed by atoms with Crippen molar-refractivity contribution < 1.29 is 0 Å². The highest BCUT2D eigenvalue weighted by atomic mass is 35.5. The fourth-order valence-corrected chi connectivity index (χ4v) is 2.26. The summed E-state index contributed by atoms with van der Waals surface area (Å²) in [5, 5.41) is 3.98. The number of hydrogen-bond donors (Lipinski definition) is 1. The Balaban J connectivity index is 2.01. The Labute approximate surface area is 114 Å². The van der Waals surface area contributed by atoms with E-state index in [1.807, 2.05) is 12.1 Å². The molecule has 4 nitrogen and oxygen atoms in total. The third-order valence-electron chi connectivity index (χ3n) is 3.25. The van der Waals surface area contributed by atoms with Crippen molar-refractivity contribution in [1.82, 2.24) is 14.8 Å². The third-order valence-corrected chi connectivity index (χ3v) is 3.59. The summed E-state index contributed by atoms with van der Waals surface area (Å²) in [6.45, 7) is 8.18. The molecule has 1 aromatic heterocycles. The Morgan fingerprint density at radius 3 is 2.67 bits per heavy atom. The van der Waals surface area contributed by atoms with Crippen LogP contribution in [0.1, 0.15) is 12.6 Å². The van der Waals surface area contributed by atoms with Crippen molar-refractivity contribution in [2.45, 2.75) is 13.5 Å². The molecule has 2 rings (SSSR count). The summed E-state index contributed by atoms with van der Waals surface area (Å²) in [7, 11) is 2.16. The second kappa shape index (κ2) is 6.36. The summed E-state index contributed by atoms with van der Waals surface area (Å²) in [4.78, 5) is 9.33. The zero-order valence-electron chi connectivity index (χ0n) is 11.1. The summed E-state index contributed by atoms with van der Waals surface area (Å²) in [6.07, 6.45) is 0. The van der Waals surface area contributed by atoms with Crippen LogP contribution < -0.4 is 5.32 Å². The second-order valence-corrected chi connectivity index (χ2v) is 5.14. The molecule has 0 bridgehead atoms. The van der Waals surface area contributed by atoms with E-state index < -0.39 is 0 Å². The summed E-state index contributed by atoms with van der Waals surface area (Å²) >= 11 is 6.22. The van der Waals surface area contributed by atoms with Gasteiger partial charge in [-0.2, -0.15) is 0 Å². The SMILES string of the molecule is CCNc1ccc(Cl)c(CN2CCN(C)CC2)n1. The van der Waals surface area contributed by atoms with Crippen molar-refractivity contribution in [3.63, 3.8) is 0 Å². The standard InChI is InChI=1S/C13H21ClN4/c1-3-15-13-5-4-11(14)12(16-13)10-18-8-6-17(2)7-9-18/h4-5H,3,6-10H2,1-2H3,(H,15,16). The van der Waals surface area contributed by atoms with E-state index in [-0.39, 0.29) is 0 Å².